The Morgan fingerprint density at radius 1 is 1.12 bits per heavy atom. The van der Waals surface area contributed by atoms with Crippen LogP contribution in [0.2, 0.25) is 0 Å². The van der Waals surface area contributed by atoms with Gasteiger partial charge in [0.25, 0.3) is 0 Å². The molecule has 5 rings (SSSR count). The summed E-state index contributed by atoms with van der Waals surface area (Å²) in [6.45, 7) is 2.26. The van der Waals surface area contributed by atoms with E-state index in [0.717, 1.165) is 23.3 Å². The van der Waals surface area contributed by atoms with Crippen molar-refractivity contribution in [2.45, 2.75) is 51.5 Å². The van der Waals surface area contributed by atoms with E-state index in [1.165, 1.54) is 38.5 Å². The highest BCUT2D eigenvalue weighted by atomic mass is 32.1. The fourth-order valence-electron chi connectivity index (χ4n) is 5.98. The van der Waals surface area contributed by atoms with Crippen LogP contribution < -0.4 is 10.6 Å². The number of thiocarbonyl (C=S) groups is 1. The summed E-state index contributed by atoms with van der Waals surface area (Å²) in [5, 5.41) is 6.69. The van der Waals surface area contributed by atoms with Gasteiger partial charge in [-0.2, -0.15) is 0 Å². The number of benzene rings is 1. The third-order valence-electron chi connectivity index (χ3n) is 6.82. The van der Waals surface area contributed by atoms with Gasteiger partial charge in [0.15, 0.2) is 5.11 Å². The SMILES string of the molecule is C[C@@H](NC(=S)NC(=O)/C=C/c1ccccc1)C12CC3CC(CC(C3)C1)C2. The first kappa shape index (κ1) is 17.7. The number of carbonyl (C=O) groups is 1. The van der Waals surface area contributed by atoms with E-state index < -0.39 is 0 Å². The fourth-order valence-corrected chi connectivity index (χ4v) is 6.26. The maximum absolute atomic E-state index is 12.1. The molecule has 0 heterocycles. The van der Waals surface area contributed by atoms with Crippen molar-refractivity contribution < 1.29 is 4.79 Å². The van der Waals surface area contributed by atoms with Crippen molar-refractivity contribution in [3.63, 3.8) is 0 Å². The van der Waals surface area contributed by atoms with Crippen LogP contribution >= 0.6 is 12.2 Å². The standard InChI is InChI=1S/C22H28N2OS/c1-15(22-12-17-9-18(13-22)11-19(10-17)14-22)23-21(26)24-20(25)8-7-16-5-3-2-4-6-16/h2-8,15,17-19H,9-14H2,1H3,(H2,23,24,25,26)/b8-7+/t15-,17?,18?,19?,22?/m1/s1. The summed E-state index contributed by atoms with van der Waals surface area (Å²) in [7, 11) is 0. The molecule has 0 unspecified atom stereocenters. The molecule has 0 saturated heterocycles. The quantitative estimate of drug-likeness (QED) is 0.615. The molecule has 0 radical (unpaired) electrons. The van der Waals surface area contributed by atoms with Gasteiger partial charge < -0.3 is 5.32 Å². The Labute approximate surface area is 161 Å². The summed E-state index contributed by atoms with van der Waals surface area (Å²) >= 11 is 5.42. The Hall–Kier alpha value is -1.68. The maximum Gasteiger partial charge on any atom is 0.250 e. The molecule has 1 aromatic carbocycles. The first-order valence-electron chi connectivity index (χ1n) is 9.87. The highest BCUT2D eigenvalue weighted by molar-refractivity contribution is 7.80. The maximum atomic E-state index is 12.1. The third kappa shape index (κ3) is 3.71. The molecule has 0 aliphatic heterocycles. The van der Waals surface area contributed by atoms with Gasteiger partial charge in [-0.25, -0.2) is 0 Å². The zero-order valence-corrected chi connectivity index (χ0v) is 16.2. The van der Waals surface area contributed by atoms with Crippen molar-refractivity contribution in [1.82, 2.24) is 10.6 Å². The summed E-state index contributed by atoms with van der Waals surface area (Å²) in [5.41, 5.74) is 1.38. The van der Waals surface area contributed by atoms with Crippen LogP contribution in [-0.2, 0) is 4.79 Å². The Balaban J connectivity index is 1.32. The van der Waals surface area contributed by atoms with E-state index in [2.05, 4.69) is 17.6 Å². The Morgan fingerprint density at radius 2 is 1.69 bits per heavy atom. The molecule has 3 nitrogen and oxygen atoms in total. The van der Waals surface area contributed by atoms with Crippen LogP contribution in [0.5, 0.6) is 0 Å². The summed E-state index contributed by atoms with van der Waals surface area (Å²) in [4.78, 5) is 12.1. The molecule has 0 spiro atoms. The number of amides is 1. The van der Waals surface area contributed by atoms with Crippen LogP contribution in [-0.4, -0.2) is 17.1 Å². The summed E-state index contributed by atoms with van der Waals surface area (Å²) in [6, 6.07) is 10.1. The van der Waals surface area contributed by atoms with Gasteiger partial charge in [0.2, 0.25) is 5.91 Å². The van der Waals surface area contributed by atoms with E-state index in [4.69, 9.17) is 12.2 Å². The highest BCUT2D eigenvalue weighted by Gasteiger charge is 2.53. The van der Waals surface area contributed by atoms with E-state index in [-0.39, 0.29) is 5.91 Å². The van der Waals surface area contributed by atoms with Crippen LogP contribution in [0.1, 0.15) is 51.0 Å². The zero-order valence-electron chi connectivity index (χ0n) is 15.4. The molecule has 4 saturated carbocycles. The predicted octanol–water partition coefficient (Wildman–Crippen LogP) is 4.30. The van der Waals surface area contributed by atoms with Gasteiger partial charge in [-0.05, 0) is 92.5 Å². The Kier molecular flexibility index (Phi) is 4.87. The van der Waals surface area contributed by atoms with Crippen LogP contribution in [0, 0.1) is 23.2 Å². The van der Waals surface area contributed by atoms with Crippen LogP contribution in [0.15, 0.2) is 36.4 Å². The highest BCUT2D eigenvalue weighted by Crippen LogP contribution is 2.61. The van der Waals surface area contributed by atoms with Gasteiger partial charge in [-0.3, -0.25) is 10.1 Å². The minimum absolute atomic E-state index is 0.177. The van der Waals surface area contributed by atoms with Crippen LogP contribution in [0.3, 0.4) is 0 Å². The smallest absolute Gasteiger partial charge is 0.250 e. The molecule has 26 heavy (non-hydrogen) atoms. The zero-order chi connectivity index (χ0) is 18.1. The average Bonchev–Trinajstić information content (AvgIpc) is 2.59. The van der Waals surface area contributed by atoms with E-state index in [0.29, 0.717) is 16.6 Å². The molecule has 1 atom stereocenters. The van der Waals surface area contributed by atoms with Crippen molar-refractivity contribution in [3.05, 3.63) is 42.0 Å². The van der Waals surface area contributed by atoms with Gasteiger partial charge in [-0.15, -0.1) is 0 Å². The summed E-state index contributed by atoms with van der Waals surface area (Å²) in [6.07, 6.45) is 11.7. The number of hydrogen-bond acceptors (Lipinski definition) is 2. The van der Waals surface area contributed by atoms with Crippen molar-refractivity contribution in [2.24, 2.45) is 23.2 Å². The topological polar surface area (TPSA) is 41.1 Å². The largest absolute Gasteiger partial charge is 0.359 e. The minimum atomic E-state index is -0.177. The van der Waals surface area contributed by atoms with E-state index in [9.17, 15) is 4.79 Å². The fraction of sp³-hybridized carbons (Fsp3) is 0.545. The second kappa shape index (κ2) is 7.15. The lowest BCUT2D eigenvalue weighted by Crippen LogP contribution is -2.57. The first-order valence-corrected chi connectivity index (χ1v) is 10.3. The van der Waals surface area contributed by atoms with Gasteiger partial charge in [0.05, 0.1) is 0 Å². The lowest BCUT2D eigenvalue weighted by atomic mass is 9.48. The van der Waals surface area contributed by atoms with Crippen LogP contribution in [0.25, 0.3) is 6.08 Å². The van der Waals surface area contributed by atoms with Gasteiger partial charge >= 0.3 is 0 Å². The van der Waals surface area contributed by atoms with Gasteiger partial charge in [-0.1, -0.05) is 30.3 Å². The van der Waals surface area contributed by atoms with E-state index in [1.807, 2.05) is 30.3 Å². The van der Waals surface area contributed by atoms with Crippen molar-refractivity contribution in [2.75, 3.05) is 0 Å². The summed E-state index contributed by atoms with van der Waals surface area (Å²) in [5.74, 6) is 2.58. The lowest BCUT2D eigenvalue weighted by molar-refractivity contribution is -0.115. The molecule has 138 valence electrons. The molecule has 4 heteroatoms. The number of rotatable bonds is 4. The molecule has 4 aliphatic rings. The second-order valence-corrected chi connectivity index (χ2v) is 9.12. The third-order valence-corrected chi connectivity index (χ3v) is 7.04. The molecular formula is C22H28N2OS. The monoisotopic (exact) mass is 368 g/mol. The second-order valence-electron chi connectivity index (χ2n) is 8.71. The molecule has 1 aromatic rings. The van der Waals surface area contributed by atoms with Crippen molar-refractivity contribution in [3.8, 4) is 0 Å². The Bertz CT molecular complexity index is 677. The molecular weight excluding hydrogens is 340 g/mol. The van der Waals surface area contributed by atoms with E-state index >= 15 is 0 Å². The normalized spacial score (nSPS) is 33.2. The molecule has 2 N–H and O–H groups in total. The van der Waals surface area contributed by atoms with Crippen molar-refractivity contribution in [1.29, 1.82) is 0 Å². The Morgan fingerprint density at radius 3 is 2.27 bits per heavy atom. The molecule has 1 amide bonds. The van der Waals surface area contributed by atoms with Gasteiger partial charge in [0, 0.05) is 12.1 Å². The number of nitrogens with one attached hydrogen (secondary N) is 2. The molecule has 4 aliphatic carbocycles. The summed E-state index contributed by atoms with van der Waals surface area (Å²) < 4.78 is 0. The number of carbonyl (C=O) groups excluding carboxylic acids is 1. The number of hydrogen-bond donors (Lipinski definition) is 2. The minimum Gasteiger partial charge on any atom is -0.359 e. The molecule has 0 aromatic heterocycles. The molecule has 4 fully saturated rings. The van der Waals surface area contributed by atoms with Crippen LogP contribution in [0.4, 0.5) is 0 Å². The predicted molar refractivity (Wildman–Crippen MR) is 109 cm³/mol. The van der Waals surface area contributed by atoms with Gasteiger partial charge in [0.1, 0.15) is 0 Å². The first-order chi connectivity index (χ1) is 12.5. The average molecular weight is 369 g/mol. The molecule has 4 bridgehead atoms. The lowest BCUT2D eigenvalue weighted by Gasteiger charge is -2.59. The van der Waals surface area contributed by atoms with E-state index in [1.54, 1.807) is 12.2 Å². The van der Waals surface area contributed by atoms with Crippen molar-refractivity contribution >= 4 is 29.3 Å².